The molecule has 0 saturated carbocycles. The zero-order valence-corrected chi connectivity index (χ0v) is 12.6. The second kappa shape index (κ2) is 5.23. The maximum absolute atomic E-state index is 6.06. The van der Waals surface area contributed by atoms with Gasteiger partial charge in [-0.2, -0.15) is 4.98 Å². The first-order chi connectivity index (χ1) is 9.11. The number of thiophene rings is 1. The fourth-order valence-corrected chi connectivity index (χ4v) is 3.42. The molecular formula is C13H16ClN3OS. The van der Waals surface area contributed by atoms with Gasteiger partial charge in [-0.1, -0.05) is 0 Å². The summed E-state index contributed by atoms with van der Waals surface area (Å²) >= 11 is 7.59. The van der Waals surface area contributed by atoms with Crippen molar-refractivity contribution >= 4 is 33.2 Å². The summed E-state index contributed by atoms with van der Waals surface area (Å²) in [6.45, 7) is 4.18. The van der Waals surface area contributed by atoms with Crippen LogP contribution in [0.4, 0.5) is 0 Å². The lowest BCUT2D eigenvalue weighted by molar-refractivity contribution is 0.111. The van der Waals surface area contributed by atoms with Gasteiger partial charge < -0.3 is 9.64 Å². The predicted octanol–water partition coefficient (Wildman–Crippen LogP) is 3.13. The largest absolute Gasteiger partial charge is 0.474 e. The molecule has 3 heterocycles. The number of nitrogens with zero attached hydrogens (tertiary/aromatic N) is 3. The van der Waals surface area contributed by atoms with E-state index in [9.17, 15) is 0 Å². The molecular weight excluding hydrogens is 282 g/mol. The van der Waals surface area contributed by atoms with Crippen LogP contribution in [0.3, 0.4) is 0 Å². The normalized spacial score (nSPS) is 18.1. The van der Waals surface area contributed by atoms with Crippen LogP contribution >= 0.6 is 22.9 Å². The summed E-state index contributed by atoms with van der Waals surface area (Å²) in [7, 11) is 2.14. The molecule has 0 amide bonds. The quantitative estimate of drug-likeness (QED) is 0.798. The Morgan fingerprint density at radius 2 is 2.11 bits per heavy atom. The number of likely N-dealkylation sites (tertiary alicyclic amines) is 1. The Balaban J connectivity index is 1.87. The first kappa shape index (κ1) is 13.1. The van der Waals surface area contributed by atoms with Crippen LogP contribution in [0.15, 0.2) is 6.07 Å². The van der Waals surface area contributed by atoms with Gasteiger partial charge in [-0.05, 0) is 44.5 Å². The second-order valence-corrected chi connectivity index (χ2v) is 6.57. The topological polar surface area (TPSA) is 38.2 Å². The molecule has 102 valence electrons. The average molecular weight is 298 g/mol. The van der Waals surface area contributed by atoms with E-state index in [-0.39, 0.29) is 11.4 Å². The minimum Gasteiger partial charge on any atom is -0.474 e. The molecule has 6 heteroatoms. The van der Waals surface area contributed by atoms with Crippen LogP contribution in [-0.4, -0.2) is 41.1 Å². The van der Waals surface area contributed by atoms with Crippen molar-refractivity contribution in [2.24, 2.45) is 0 Å². The van der Waals surface area contributed by atoms with Crippen molar-refractivity contribution in [1.82, 2.24) is 14.9 Å². The van der Waals surface area contributed by atoms with Gasteiger partial charge in [0.25, 0.3) is 0 Å². The Morgan fingerprint density at radius 1 is 1.37 bits per heavy atom. The first-order valence-electron chi connectivity index (χ1n) is 6.41. The average Bonchev–Trinajstić information content (AvgIpc) is 2.72. The minimum atomic E-state index is 0.227. The van der Waals surface area contributed by atoms with Crippen LogP contribution in [0.2, 0.25) is 5.28 Å². The highest BCUT2D eigenvalue weighted by atomic mass is 35.5. The number of piperidine rings is 1. The molecule has 1 aliphatic rings. The van der Waals surface area contributed by atoms with E-state index in [4.69, 9.17) is 16.3 Å². The molecule has 1 fully saturated rings. The van der Waals surface area contributed by atoms with Gasteiger partial charge in [0.1, 0.15) is 10.9 Å². The summed E-state index contributed by atoms with van der Waals surface area (Å²) in [6.07, 6.45) is 2.29. The third-order valence-electron chi connectivity index (χ3n) is 3.40. The van der Waals surface area contributed by atoms with Crippen molar-refractivity contribution in [2.45, 2.75) is 25.9 Å². The highest BCUT2D eigenvalue weighted by Gasteiger charge is 2.20. The molecule has 1 saturated heterocycles. The molecule has 0 aromatic carbocycles. The van der Waals surface area contributed by atoms with Gasteiger partial charge in [0, 0.05) is 18.0 Å². The number of hydrogen-bond donors (Lipinski definition) is 0. The molecule has 0 atom stereocenters. The fourth-order valence-electron chi connectivity index (χ4n) is 2.34. The van der Waals surface area contributed by atoms with Gasteiger partial charge in [0.2, 0.25) is 11.2 Å². The fraction of sp³-hybridized carbons (Fsp3) is 0.538. The van der Waals surface area contributed by atoms with Crippen LogP contribution in [0.25, 0.3) is 10.2 Å². The maximum atomic E-state index is 6.06. The van der Waals surface area contributed by atoms with E-state index in [0.717, 1.165) is 36.1 Å². The standard InChI is InChI=1S/C13H16ClN3OS/c1-8-7-10-11(15-13(14)16-12(10)19-8)18-9-3-5-17(2)6-4-9/h7,9H,3-6H2,1-2H3. The maximum Gasteiger partial charge on any atom is 0.227 e. The number of rotatable bonds is 2. The molecule has 0 spiro atoms. The Kier molecular flexibility index (Phi) is 3.60. The summed E-state index contributed by atoms with van der Waals surface area (Å²) in [5, 5.41) is 1.24. The summed E-state index contributed by atoms with van der Waals surface area (Å²) in [6, 6.07) is 2.07. The van der Waals surface area contributed by atoms with Crippen molar-refractivity contribution in [3.8, 4) is 5.88 Å². The molecule has 0 unspecified atom stereocenters. The van der Waals surface area contributed by atoms with Gasteiger partial charge in [-0.25, -0.2) is 4.98 Å². The van der Waals surface area contributed by atoms with E-state index in [1.54, 1.807) is 11.3 Å². The highest BCUT2D eigenvalue weighted by Crippen LogP contribution is 2.32. The van der Waals surface area contributed by atoms with Gasteiger partial charge in [-0.15, -0.1) is 11.3 Å². The third kappa shape index (κ3) is 2.83. The summed E-state index contributed by atoms with van der Waals surface area (Å²) in [5.74, 6) is 0.633. The number of fused-ring (bicyclic) bond motifs is 1. The van der Waals surface area contributed by atoms with Crippen LogP contribution in [-0.2, 0) is 0 Å². The molecule has 0 bridgehead atoms. The van der Waals surface area contributed by atoms with Crippen molar-refractivity contribution in [3.05, 3.63) is 16.2 Å². The monoisotopic (exact) mass is 297 g/mol. The van der Waals surface area contributed by atoms with Crippen molar-refractivity contribution < 1.29 is 4.74 Å². The number of ether oxygens (including phenoxy) is 1. The van der Waals surface area contributed by atoms with Gasteiger partial charge in [-0.3, -0.25) is 0 Å². The molecule has 2 aromatic rings. The Morgan fingerprint density at radius 3 is 2.84 bits per heavy atom. The second-order valence-electron chi connectivity index (χ2n) is 4.99. The van der Waals surface area contributed by atoms with Crippen molar-refractivity contribution in [1.29, 1.82) is 0 Å². The highest BCUT2D eigenvalue weighted by molar-refractivity contribution is 7.18. The van der Waals surface area contributed by atoms with Crippen molar-refractivity contribution in [3.63, 3.8) is 0 Å². The van der Waals surface area contributed by atoms with E-state index in [1.807, 2.05) is 0 Å². The van der Waals surface area contributed by atoms with Gasteiger partial charge in [0.05, 0.1) is 5.39 Å². The number of hydrogen-bond acceptors (Lipinski definition) is 5. The summed E-state index contributed by atoms with van der Waals surface area (Å²) in [5.41, 5.74) is 0. The molecule has 0 aliphatic carbocycles. The van der Waals surface area contributed by atoms with Crippen LogP contribution in [0, 0.1) is 6.92 Å². The van der Waals surface area contributed by atoms with Gasteiger partial charge >= 0.3 is 0 Å². The molecule has 4 nitrogen and oxygen atoms in total. The van der Waals surface area contributed by atoms with Crippen LogP contribution in [0.5, 0.6) is 5.88 Å². The number of halogens is 1. The molecule has 3 rings (SSSR count). The van der Waals surface area contributed by atoms with E-state index >= 15 is 0 Å². The van der Waals surface area contributed by atoms with E-state index in [0.29, 0.717) is 5.88 Å². The Hall–Kier alpha value is -0.910. The summed E-state index contributed by atoms with van der Waals surface area (Å²) in [4.78, 5) is 12.9. The zero-order chi connectivity index (χ0) is 13.4. The van der Waals surface area contributed by atoms with Crippen LogP contribution in [0.1, 0.15) is 17.7 Å². The third-order valence-corrected chi connectivity index (χ3v) is 4.51. The SMILES string of the molecule is Cc1cc2c(OC3CCN(C)CC3)nc(Cl)nc2s1. The lowest BCUT2D eigenvalue weighted by atomic mass is 10.1. The first-order valence-corrected chi connectivity index (χ1v) is 7.60. The smallest absolute Gasteiger partial charge is 0.227 e. The Bertz CT molecular complexity index is 593. The van der Waals surface area contributed by atoms with E-state index in [2.05, 4.69) is 34.9 Å². The Labute approximate surface area is 121 Å². The minimum absolute atomic E-state index is 0.227. The molecule has 1 aliphatic heterocycles. The molecule has 19 heavy (non-hydrogen) atoms. The van der Waals surface area contributed by atoms with Crippen LogP contribution < -0.4 is 4.74 Å². The van der Waals surface area contributed by atoms with E-state index in [1.165, 1.54) is 4.88 Å². The van der Waals surface area contributed by atoms with E-state index < -0.39 is 0 Å². The lowest BCUT2D eigenvalue weighted by Gasteiger charge is -2.29. The molecule has 2 aromatic heterocycles. The lowest BCUT2D eigenvalue weighted by Crippen LogP contribution is -2.35. The zero-order valence-electron chi connectivity index (χ0n) is 11.0. The molecule has 0 N–H and O–H groups in total. The molecule has 0 radical (unpaired) electrons. The summed E-state index contributed by atoms with van der Waals surface area (Å²) < 4.78 is 6.06. The number of aromatic nitrogens is 2. The predicted molar refractivity (Wildman–Crippen MR) is 78.3 cm³/mol. The van der Waals surface area contributed by atoms with Crippen molar-refractivity contribution in [2.75, 3.05) is 20.1 Å². The van der Waals surface area contributed by atoms with Gasteiger partial charge in [0.15, 0.2) is 0 Å². The number of aryl methyl sites for hydroxylation is 1.